The lowest BCUT2D eigenvalue weighted by Gasteiger charge is -2.14. The largest absolute Gasteiger partial charge is 0.493 e. The molecule has 0 aliphatic carbocycles. The molecule has 0 saturated heterocycles. The van der Waals surface area contributed by atoms with Crippen molar-refractivity contribution >= 4 is 16.9 Å². The number of alkyl halides is 3. The number of aromatic nitrogens is 1. The summed E-state index contributed by atoms with van der Waals surface area (Å²) in [6.07, 6.45) is -0.656. The van der Waals surface area contributed by atoms with Crippen molar-refractivity contribution in [1.82, 2.24) is 4.98 Å². The number of carboxylic acid groups (broad SMARTS) is 1. The summed E-state index contributed by atoms with van der Waals surface area (Å²) in [5.74, 6) is 0.0352. The maximum Gasteiger partial charge on any atom is 0.433 e. The molecule has 3 rings (SSSR count). The highest BCUT2D eigenvalue weighted by Gasteiger charge is 2.33. The van der Waals surface area contributed by atoms with Gasteiger partial charge >= 0.3 is 12.1 Å². The number of pyridine rings is 1. The standard InChI is InChI=1S/C26H28F3NO4/c1-2-3-13-33-23-16-24(26(27,28)29)30-22-12-11-19(15-21(22)23)17-34-20-9-6-8-18(14-20)7-4-5-10-25(31)32/h6,8-9,11-12,14-16H,2-5,7,10,13,17H2,1H3,(H,31,32). The smallest absolute Gasteiger partial charge is 0.433 e. The van der Waals surface area contributed by atoms with Crippen LogP contribution in [0.3, 0.4) is 0 Å². The molecule has 0 unspecified atom stereocenters. The number of nitrogens with zero attached hydrogens (tertiary/aromatic N) is 1. The van der Waals surface area contributed by atoms with Crippen LogP contribution in [0.2, 0.25) is 0 Å². The fraction of sp³-hybridized carbons (Fsp3) is 0.385. The third-order valence-corrected chi connectivity index (χ3v) is 5.29. The SMILES string of the molecule is CCCCOc1cc(C(F)(F)F)nc2ccc(COc3cccc(CCCCC(=O)O)c3)cc12. The van der Waals surface area contributed by atoms with Gasteiger partial charge in [-0.3, -0.25) is 4.79 Å². The molecule has 0 amide bonds. The normalized spacial score (nSPS) is 11.5. The minimum atomic E-state index is -4.56. The van der Waals surface area contributed by atoms with Crippen LogP contribution in [-0.4, -0.2) is 22.7 Å². The number of rotatable bonds is 12. The Balaban J connectivity index is 1.73. The van der Waals surface area contributed by atoms with E-state index in [4.69, 9.17) is 14.6 Å². The Morgan fingerprint density at radius 3 is 2.56 bits per heavy atom. The van der Waals surface area contributed by atoms with Crippen LogP contribution < -0.4 is 9.47 Å². The van der Waals surface area contributed by atoms with Crippen molar-refractivity contribution in [2.75, 3.05) is 6.61 Å². The Morgan fingerprint density at radius 2 is 1.82 bits per heavy atom. The number of ether oxygens (including phenoxy) is 2. The van der Waals surface area contributed by atoms with E-state index in [2.05, 4.69) is 4.98 Å². The van der Waals surface area contributed by atoms with Crippen molar-refractivity contribution in [3.8, 4) is 11.5 Å². The zero-order valence-electron chi connectivity index (χ0n) is 19.0. The van der Waals surface area contributed by atoms with Crippen molar-refractivity contribution < 1.29 is 32.5 Å². The molecule has 0 bridgehead atoms. The number of carbonyl (C=O) groups is 1. The second-order valence-corrected chi connectivity index (χ2v) is 8.09. The van der Waals surface area contributed by atoms with E-state index in [1.54, 1.807) is 18.2 Å². The molecule has 34 heavy (non-hydrogen) atoms. The van der Waals surface area contributed by atoms with E-state index in [1.807, 2.05) is 31.2 Å². The van der Waals surface area contributed by atoms with E-state index in [0.29, 0.717) is 24.2 Å². The van der Waals surface area contributed by atoms with Crippen molar-refractivity contribution in [1.29, 1.82) is 0 Å². The summed E-state index contributed by atoms with van der Waals surface area (Å²) in [5, 5.41) is 9.25. The Bertz CT molecular complexity index is 1110. The first-order chi connectivity index (χ1) is 16.3. The van der Waals surface area contributed by atoms with E-state index < -0.39 is 17.8 Å². The Labute approximate surface area is 196 Å². The van der Waals surface area contributed by atoms with Crippen LogP contribution in [0.5, 0.6) is 11.5 Å². The summed E-state index contributed by atoms with van der Waals surface area (Å²) in [6, 6.07) is 13.5. The lowest BCUT2D eigenvalue weighted by molar-refractivity contribution is -0.141. The molecule has 1 aromatic heterocycles. The zero-order chi connectivity index (χ0) is 24.6. The van der Waals surface area contributed by atoms with Crippen LogP contribution in [0.4, 0.5) is 13.2 Å². The minimum Gasteiger partial charge on any atom is -0.493 e. The molecular weight excluding hydrogens is 447 g/mol. The number of aryl methyl sites for hydroxylation is 1. The number of aliphatic carboxylic acids is 1. The number of benzene rings is 2. The van der Waals surface area contributed by atoms with Gasteiger partial charge in [0.25, 0.3) is 0 Å². The first-order valence-corrected chi connectivity index (χ1v) is 11.3. The molecule has 1 heterocycles. The van der Waals surface area contributed by atoms with Gasteiger partial charge in [-0.05, 0) is 61.1 Å². The van der Waals surface area contributed by atoms with Crippen LogP contribution in [-0.2, 0) is 24.0 Å². The van der Waals surface area contributed by atoms with Gasteiger partial charge in [-0.2, -0.15) is 13.2 Å². The van der Waals surface area contributed by atoms with Crippen LogP contribution in [0.25, 0.3) is 10.9 Å². The van der Waals surface area contributed by atoms with Crippen LogP contribution >= 0.6 is 0 Å². The first-order valence-electron chi connectivity index (χ1n) is 11.3. The van der Waals surface area contributed by atoms with Gasteiger partial charge in [0, 0.05) is 17.9 Å². The van der Waals surface area contributed by atoms with Gasteiger partial charge in [0.1, 0.15) is 23.8 Å². The minimum absolute atomic E-state index is 0.154. The maximum atomic E-state index is 13.3. The second kappa shape index (κ2) is 11.7. The van der Waals surface area contributed by atoms with Gasteiger partial charge in [0.15, 0.2) is 0 Å². The molecule has 1 N–H and O–H groups in total. The van der Waals surface area contributed by atoms with Crippen molar-refractivity contribution in [3.05, 3.63) is 65.4 Å². The lowest BCUT2D eigenvalue weighted by atomic mass is 10.1. The van der Waals surface area contributed by atoms with Crippen molar-refractivity contribution in [2.24, 2.45) is 0 Å². The van der Waals surface area contributed by atoms with Crippen molar-refractivity contribution in [3.63, 3.8) is 0 Å². The number of halogens is 3. The highest BCUT2D eigenvalue weighted by molar-refractivity contribution is 5.86. The molecule has 0 spiro atoms. The monoisotopic (exact) mass is 475 g/mol. The highest BCUT2D eigenvalue weighted by atomic mass is 19.4. The fourth-order valence-electron chi connectivity index (χ4n) is 3.49. The first kappa shape index (κ1) is 25.3. The van der Waals surface area contributed by atoms with Crippen LogP contribution in [0.1, 0.15) is 55.8 Å². The Kier molecular flexibility index (Phi) is 8.73. The number of unbranched alkanes of at least 4 members (excludes halogenated alkanes) is 2. The zero-order valence-corrected chi connectivity index (χ0v) is 19.0. The lowest BCUT2D eigenvalue weighted by Crippen LogP contribution is -2.09. The number of fused-ring (bicyclic) bond motifs is 1. The average molecular weight is 476 g/mol. The third-order valence-electron chi connectivity index (χ3n) is 5.29. The molecule has 5 nitrogen and oxygen atoms in total. The molecular formula is C26H28F3NO4. The van der Waals surface area contributed by atoms with Crippen molar-refractivity contribution in [2.45, 2.75) is 58.2 Å². The molecule has 182 valence electrons. The van der Waals surface area contributed by atoms with Gasteiger partial charge in [-0.15, -0.1) is 0 Å². The summed E-state index contributed by atoms with van der Waals surface area (Å²) in [7, 11) is 0. The molecule has 0 aliphatic heterocycles. The van der Waals surface area contributed by atoms with Gasteiger partial charge in [-0.1, -0.05) is 31.5 Å². The third kappa shape index (κ3) is 7.37. The van der Waals surface area contributed by atoms with Gasteiger partial charge in [-0.25, -0.2) is 4.98 Å². The summed E-state index contributed by atoms with van der Waals surface area (Å²) >= 11 is 0. The summed E-state index contributed by atoms with van der Waals surface area (Å²) in [5.41, 5.74) is 1.07. The number of hydrogen-bond acceptors (Lipinski definition) is 4. The molecule has 3 aromatic rings. The maximum absolute atomic E-state index is 13.3. The molecule has 0 saturated carbocycles. The van der Waals surface area contributed by atoms with E-state index in [1.165, 1.54) is 0 Å². The molecule has 0 atom stereocenters. The van der Waals surface area contributed by atoms with E-state index >= 15 is 0 Å². The fourth-order valence-corrected chi connectivity index (χ4v) is 3.49. The molecule has 8 heteroatoms. The molecule has 2 aromatic carbocycles. The van der Waals surface area contributed by atoms with E-state index in [0.717, 1.165) is 42.9 Å². The quantitative estimate of drug-likeness (QED) is 0.292. The highest BCUT2D eigenvalue weighted by Crippen LogP contribution is 2.35. The second-order valence-electron chi connectivity index (χ2n) is 8.09. The topological polar surface area (TPSA) is 68.7 Å². The Hall–Kier alpha value is -3.29. The van der Waals surface area contributed by atoms with Gasteiger partial charge in [0.05, 0.1) is 12.1 Å². The summed E-state index contributed by atoms with van der Waals surface area (Å²) < 4.78 is 51.4. The van der Waals surface area contributed by atoms with E-state index in [9.17, 15) is 18.0 Å². The summed E-state index contributed by atoms with van der Waals surface area (Å²) in [4.78, 5) is 14.4. The van der Waals surface area contributed by atoms with Crippen LogP contribution in [0, 0.1) is 0 Å². The Morgan fingerprint density at radius 1 is 1.00 bits per heavy atom. The summed E-state index contributed by atoms with van der Waals surface area (Å²) in [6.45, 7) is 2.54. The molecule has 0 aliphatic rings. The van der Waals surface area contributed by atoms with Gasteiger partial charge < -0.3 is 14.6 Å². The molecule has 0 radical (unpaired) electrons. The average Bonchev–Trinajstić information content (AvgIpc) is 2.80. The predicted octanol–water partition coefficient (Wildman–Crippen LogP) is 6.81. The number of carboxylic acids is 1. The predicted molar refractivity (Wildman–Crippen MR) is 123 cm³/mol. The molecule has 0 fully saturated rings. The number of hydrogen-bond donors (Lipinski definition) is 1. The van der Waals surface area contributed by atoms with E-state index in [-0.39, 0.29) is 24.3 Å². The van der Waals surface area contributed by atoms with Crippen LogP contribution in [0.15, 0.2) is 48.5 Å². The van der Waals surface area contributed by atoms with Gasteiger partial charge in [0.2, 0.25) is 0 Å².